The van der Waals surface area contributed by atoms with E-state index in [1.54, 1.807) is 41.3 Å². The summed E-state index contributed by atoms with van der Waals surface area (Å²) in [5.41, 5.74) is 3.61. The zero-order chi connectivity index (χ0) is 23.7. The van der Waals surface area contributed by atoms with Gasteiger partial charge in [-0.25, -0.2) is 0 Å². The first-order valence-electron chi connectivity index (χ1n) is 11.0. The van der Waals surface area contributed by atoms with Gasteiger partial charge in [-0.2, -0.15) is 0 Å². The number of aromatic nitrogens is 1. The summed E-state index contributed by atoms with van der Waals surface area (Å²) in [5.74, 6) is 1.02. The van der Waals surface area contributed by atoms with Crippen molar-refractivity contribution in [2.24, 2.45) is 0 Å². The lowest BCUT2D eigenvalue weighted by Gasteiger charge is -2.24. The molecule has 1 aliphatic heterocycles. The van der Waals surface area contributed by atoms with Crippen LogP contribution in [0.4, 0.5) is 0 Å². The molecular weight excluding hydrogens is 452 g/mol. The Morgan fingerprint density at radius 3 is 2.53 bits per heavy atom. The van der Waals surface area contributed by atoms with Crippen molar-refractivity contribution in [1.82, 2.24) is 9.88 Å². The number of carbonyl (C=O) groups is 1. The molecule has 5 rings (SSSR count). The Labute approximate surface area is 201 Å². The number of aromatic amines is 1. The molecular formula is C27H23ClN2O4. The van der Waals surface area contributed by atoms with Gasteiger partial charge in [-0.05, 0) is 48.7 Å². The number of halogens is 1. The van der Waals surface area contributed by atoms with Gasteiger partial charge in [0, 0.05) is 23.6 Å². The molecule has 1 aromatic heterocycles. The van der Waals surface area contributed by atoms with Crippen molar-refractivity contribution in [3.8, 4) is 11.5 Å². The number of nitrogens with zero attached hydrogens (tertiary/aromatic N) is 1. The summed E-state index contributed by atoms with van der Waals surface area (Å²) in [5, 5.41) is 1.19. The van der Waals surface area contributed by atoms with E-state index in [0.717, 1.165) is 16.5 Å². The molecule has 1 aliphatic rings. The summed E-state index contributed by atoms with van der Waals surface area (Å²) in [4.78, 5) is 31.0. The van der Waals surface area contributed by atoms with E-state index in [0.29, 0.717) is 46.1 Å². The van der Waals surface area contributed by atoms with Crippen molar-refractivity contribution in [2.75, 3.05) is 13.3 Å². The molecule has 2 heterocycles. The Morgan fingerprint density at radius 2 is 1.74 bits per heavy atom. The van der Waals surface area contributed by atoms with E-state index in [-0.39, 0.29) is 24.8 Å². The molecule has 0 saturated heterocycles. The van der Waals surface area contributed by atoms with Gasteiger partial charge in [-0.3, -0.25) is 9.59 Å². The highest BCUT2D eigenvalue weighted by molar-refractivity contribution is 6.33. The maximum atomic E-state index is 13.5. The first-order valence-corrected chi connectivity index (χ1v) is 11.4. The van der Waals surface area contributed by atoms with E-state index in [2.05, 4.69) is 11.1 Å². The van der Waals surface area contributed by atoms with Gasteiger partial charge in [0.15, 0.2) is 11.5 Å². The fourth-order valence-electron chi connectivity index (χ4n) is 4.17. The van der Waals surface area contributed by atoms with Crippen LogP contribution >= 0.6 is 11.6 Å². The van der Waals surface area contributed by atoms with Crippen molar-refractivity contribution < 1.29 is 14.3 Å². The van der Waals surface area contributed by atoms with Gasteiger partial charge in [0.05, 0.1) is 22.6 Å². The molecule has 34 heavy (non-hydrogen) atoms. The average Bonchev–Trinajstić information content (AvgIpc) is 3.28. The number of nitrogens with one attached hydrogen (secondary N) is 1. The van der Waals surface area contributed by atoms with E-state index in [4.69, 9.17) is 21.1 Å². The van der Waals surface area contributed by atoms with E-state index >= 15 is 0 Å². The summed E-state index contributed by atoms with van der Waals surface area (Å²) in [6.07, 6.45) is 0.660. The highest BCUT2D eigenvalue weighted by atomic mass is 35.5. The number of fused-ring (bicyclic) bond motifs is 2. The molecule has 172 valence electrons. The summed E-state index contributed by atoms with van der Waals surface area (Å²) >= 11 is 6.33. The van der Waals surface area contributed by atoms with E-state index < -0.39 is 0 Å². The summed E-state index contributed by atoms with van der Waals surface area (Å²) in [6.45, 7) is 2.79. The van der Waals surface area contributed by atoms with Crippen molar-refractivity contribution in [1.29, 1.82) is 0 Å². The quantitative estimate of drug-likeness (QED) is 0.422. The standard InChI is InChI=1S/C27H23ClN2O4/c1-17-6-2-3-7-18(17)10-11-30(27(32)21-8-4-5-9-22(21)28)15-20-12-19-13-24-25(34-16-33-24)14-23(19)29-26(20)31/h2-9,12-14H,10-11,15-16H2,1H3,(H,29,31). The third kappa shape index (κ3) is 4.37. The van der Waals surface area contributed by atoms with Crippen LogP contribution in [0.2, 0.25) is 5.02 Å². The third-order valence-corrected chi connectivity index (χ3v) is 6.41. The summed E-state index contributed by atoms with van der Waals surface area (Å²) < 4.78 is 10.9. The van der Waals surface area contributed by atoms with Gasteiger partial charge in [0.1, 0.15) is 0 Å². The first-order chi connectivity index (χ1) is 16.5. The molecule has 3 aromatic carbocycles. The van der Waals surface area contributed by atoms with Crippen LogP contribution in [0.3, 0.4) is 0 Å². The van der Waals surface area contributed by atoms with Crippen molar-refractivity contribution >= 4 is 28.4 Å². The minimum absolute atomic E-state index is 0.148. The second-order valence-corrected chi connectivity index (χ2v) is 8.71. The van der Waals surface area contributed by atoms with Crippen LogP contribution in [0.1, 0.15) is 27.0 Å². The van der Waals surface area contributed by atoms with Crippen molar-refractivity contribution in [3.05, 3.63) is 104 Å². The highest BCUT2D eigenvalue weighted by Gasteiger charge is 2.21. The number of hydrogen-bond acceptors (Lipinski definition) is 4. The fraction of sp³-hybridized carbons (Fsp3) is 0.185. The molecule has 7 heteroatoms. The maximum Gasteiger partial charge on any atom is 0.255 e. The van der Waals surface area contributed by atoms with Gasteiger partial charge in [0.25, 0.3) is 11.5 Å². The predicted molar refractivity (Wildman–Crippen MR) is 132 cm³/mol. The summed E-state index contributed by atoms with van der Waals surface area (Å²) in [6, 6.07) is 20.4. The molecule has 0 fully saturated rings. The third-order valence-electron chi connectivity index (χ3n) is 6.08. The van der Waals surface area contributed by atoms with Crippen LogP contribution in [-0.4, -0.2) is 29.1 Å². The Balaban J connectivity index is 1.49. The predicted octanol–water partition coefficient (Wildman–Crippen LogP) is 5.10. The molecule has 0 unspecified atom stereocenters. The van der Waals surface area contributed by atoms with E-state index in [1.165, 1.54) is 0 Å². The van der Waals surface area contributed by atoms with Crippen LogP contribution in [0.5, 0.6) is 11.5 Å². The monoisotopic (exact) mass is 474 g/mol. The second kappa shape index (κ2) is 9.23. The number of pyridine rings is 1. The number of H-pyrrole nitrogens is 1. The summed E-state index contributed by atoms with van der Waals surface area (Å²) in [7, 11) is 0. The Bertz CT molecular complexity index is 1450. The number of amides is 1. The van der Waals surface area contributed by atoms with Gasteiger partial charge in [-0.15, -0.1) is 0 Å². The maximum absolute atomic E-state index is 13.5. The van der Waals surface area contributed by atoms with Crippen LogP contribution in [-0.2, 0) is 13.0 Å². The molecule has 6 nitrogen and oxygen atoms in total. The van der Waals surface area contributed by atoms with Gasteiger partial charge < -0.3 is 19.4 Å². The van der Waals surface area contributed by atoms with Crippen LogP contribution in [0, 0.1) is 6.92 Å². The van der Waals surface area contributed by atoms with Crippen LogP contribution in [0.15, 0.2) is 71.5 Å². The minimum atomic E-state index is -0.251. The van der Waals surface area contributed by atoms with Gasteiger partial charge >= 0.3 is 0 Å². The number of hydrogen-bond donors (Lipinski definition) is 1. The molecule has 0 bridgehead atoms. The second-order valence-electron chi connectivity index (χ2n) is 8.30. The number of benzene rings is 3. The van der Waals surface area contributed by atoms with Gasteiger partial charge in [0.2, 0.25) is 6.79 Å². The molecule has 1 amide bonds. The molecule has 4 aromatic rings. The largest absolute Gasteiger partial charge is 0.454 e. The lowest BCUT2D eigenvalue weighted by molar-refractivity contribution is 0.0744. The number of carbonyl (C=O) groups excluding carboxylic acids is 1. The number of rotatable bonds is 6. The topological polar surface area (TPSA) is 71.6 Å². The molecule has 0 aliphatic carbocycles. The normalized spacial score (nSPS) is 12.2. The lowest BCUT2D eigenvalue weighted by Crippen LogP contribution is -2.34. The molecule has 0 atom stereocenters. The van der Waals surface area contributed by atoms with E-state index in [1.807, 2.05) is 31.2 Å². The van der Waals surface area contributed by atoms with E-state index in [9.17, 15) is 9.59 Å². The molecule has 0 radical (unpaired) electrons. The zero-order valence-electron chi connectivity index (χ0n) is 18.6. The molecule has 0 spiro atoms. The van der Waals surface area contributed by atoms with Gasteiger partial charge in [-0.1, -0.05) is 48.0 Å². The smallest absolute Gasteiger partial charge is 0.255 e. The average molecular weight is 475 g/mol. The number of aryl methyl sites for hydroxylation is 1. The van der Waals surface area contributed by atoms with Crippen LogP contribution in [0.25, 0.3) is 10.9 Å². The Morgan fingerprint density at radius 1 is 1.00 bits per heavy atom. The molecule has 0 saturated carbocycles. The zero-order valence-corrected chi connectivity index (χ0v) is 19.4. The SMILES string of the molecule is Cc1ccccc1CCN(Cc1cc2cc3c(cc2[nH]c1=O)OCO3)C(=O)c1ccccc1Cl. The number of ether oxygens (including phenoxy) is 2. The Kier molecular flexibility index (Phi) is 5.99. The molecule has 1 N–H and O–H groups in total. The van der Waals surface area contributed by atoms with Crippen molar-refractivity contribution in [3.63, 3.8) is 0 Å². The lowest BCUT2D eigenvalue weighted by atomic mass is 10.0. The fourth-order valence-corrected chi connectivity index (χ4v) is 4.38. The Hall–Kier alpha value is -3.77. The van der Waals surface area contributed by atoms with Crippen molar-refractivity contribution in [2.45, 2.75) is 19.9 Å². The highest BCUT2D eigenvalue weighted by Crippen LogP contribution is 2.35. The first kappa shape index (κ1) is 22.0. The minimum Gasteiger partial charge on any atom is -0.454 e. The van der Waals surface area contributed by atoms with Crippen LogP contribution < -0.4 is 15.0 Å².